The average Bonchev–Trinajstić information content (AvgIpc) is 2.84. The van der Waals surface area contributed by atoms with E-state index in [0.717, 1.165) is 12.8 Å². The highest BCUT2D eigenvalue weighted by Crippen LogP contribution is 2.37. The number of aromatic hydroxyl groups is 1. The maximum Gasteiger partial charge on any atom is 0.279 e. The fraction of sp³-hybridized carbons (Fsp3) is 0.364. The maximum atomic E-state index is 12.2. The highest BCUT2D eigenvalue weighted by atomic mass is 35.5. The standard InChI is InChI=1S/C11H11ClN2O2S/c12-7-3-6-17-9(7)8-10(15)13-4-1-2-5-14(13)11(8)16/h3,6,15H,1-2,4-5H2. The summed E-state index contributed by atoms with van der Waals surface area (Å²) in [7, 11) is 0. The zero-order valence-electron chi connectivity index (χ0n) is 9.02. The van der Waals surface area contributed by atoms with E-state index in [1.165, 1.54) is 11.3 Å². The fourth-order valence-corrected chi connectivity index (χ4v) is 3.40. The van der Waals surface area contributed by atoms with Gasteiger partial charge in [-0.3, -0.25) is 9.48 Å². The van der Waals surface area contributed by atoms with E-state index in [2.05, 4.69) is 0 Å². The van der Waals surface area contributed by atoms with Gasteiger partial charge in [-0.05, 0) is 24.3 Å². The molecule has 90 valence electrons. The van der Waals surface area contributed by atoms with E-state index in [4.69, 9.17) is 11.6 Å². The van der Waals surface area contributed by atoms with Gasteiger partial charge < -0.3 is 5.11 Å². The monoisotopic (exact) mass is 270 g/mol. The van der Waals surface area contributed by atoms with Crippen LogP contribution in [0.2, 0.25) is 5.02 Å². The van der Waals surface area contributed by atoms with E-state index in [-0.39, 0.29) is 11.4 Å². The molecule has 1 N–H and O–H groups in total. The van der Waals surface area contributed by atoms with Gasteiger partial charge in [0.25, 0.3) is 5.56 Å². The molecule has 0 bridgehead atoms. The molecule has 1 aliphatic heterocycles. The molecule has 0 amide bonds. The van der Waals surface area contributed by atoms with Crippen LogP contribution in [0.1, 0.15) is 12.8 Å². The second-order valence-electron chi connectivity index (χ2n) is 4.05. The maximum absolute atomic E-state index is 12.2. The van der Waals surface area contributed by atoms with Crippen LogP contribution in [0.15, 0.2) is 16.2 Å². The third kappa shape index (κ3) is 1.53. The van der Waals surface area contributed by atoms with Gasteiger partial charge in [-0.25, -0.2) is 4.68 Å². The molecule has 0 atom stereocenters. The quantitative estimate of drug-likeness (QED) is 0.866. The Morgan fingerprint density at radius 2 is 2.00 bits per heavy atom. The summed E-state index contributed by atoms with van der Waals surface area (Å²) in [5.41, 5.74) is 0.193. The lowest BCUT2D eigenvalue weighted by molar-refractivity contribution is 0.305. The molecule has 0 saturated heterocycles. The summed E-state index contributed by atoms with van der Waals surface area (Å²) in [6, 6.07) is 1.74. The average molecular weight is 271 g/mol. The Labute approximate surface area is 107 Å². The molecule has 0 fully saturated rings. The SMILES string of the molecule is O=c1c(-c2sccc2Cl)c(O)n2n1CCCC2. The Bertz CT molecular complexity index is 626. The Morgan fingerprint density at radius 1 is 1.29 bits per heavy atom. The molecule has 0 aromatic carbocycles. The summed E-state index contributed by atoms with van der Waals surface area (Å²) in [6.45, 7) is 1.35. The third-order valence-corrected chi connectivity index (χ3v) is 4.40. The van der Waals surface area contributed by atoms with E-state index >= 15 is 0 Å². The lowest BCUT2D eigenvalue weighted by atomic mass is 10.3. The molecular formula is C11H11ClN2O2S. The van der Waals surface area contributed by atoms with Crippen LogP contribution in [0.4, 0.5) is 0 Å². The summed E-state index contributed by atoms with van der Waals surface area (Å²) < 4.78 is 3.25. The first kappa shape index (κ1) is 10.9. The molecule has 0 radical (unpaired) electrons. The molecule has 0 aliphatic carbocycles. The van der Waals surface area contributed by atoms with E-state index in [1.807, 2.05) is 5.38 Å². The largest absolute Gasteiger partial charge is 0.493 e. The Kier molecular flexibility index (Phi) is 2.52. The van der Waals surface area contributed by atoms with Crippen molar-refractivity contribution in [2.24, 2.45) is 0 Å². The summed E-state index contributed by atoms with van der Waals surface area (Å²) in [6.07, 6.45) is 1.96. The molecule has 6 heteroatoms. The van der Waals surface area contributed by atoms with Crippen molar-refractivity contribution in [2.45, 2.75) is 25.9 Å². The van der Waals surface area contributed by atoms with Crippen LogP contribution in [-0.4, -0.2) is 14.5 Å². The van der Waals surface area contributed by atoms with Gasteiger partial charge in [-0.15, -0.1) is 11.3 Å². The first-order chi connectivity index (χ1) is 8.20. The molecule has 0 unspecified atom stereocenters. The second kappa shape index (κ2) is 3.92. The van der Waals surface area contributed by atoms with Crippen LogP contribution in [-0.2, 0) is 13.1 Å². The number of halogens is 1. The smallest absolute Gasteiger partial charge is 0.279 e. The van der Waals surface area contributed by atoms with Gasteiger partial charge in [0.15, 0.2) is 0 Å². The molecule has 0 spiro atoms. The van der Waals surface area contributed by atoms with Crippen molar-refractivity contribution in [3.8, 4) is 16.3 Å². The summed E-state index contributed by atoms with van der Waals surface area (Å²) in [5.74, 6) is 0.0408. The fourth-order valence-electron chi connectivity index (χ4n) is 2.22. The van der Waals surface area contributed by atoms with Crippen LogP contribution in [0, 0.1) is 0 Å². The molecule has 3 rings (SSSR count). The molecule has 2 aromatic heterocycles. The topological polar surface area (TPSA) is 47.2 Å². The van der Waals surface area contributed by atoms with Gasteiger partial charge in [0.2, 0.25) is 5.88 Å². The van der Waals surface area contributed by atoms with Crippen LogP contribution in [0.5, 0.6) is 5.88 Å². The zero-order chi connectivity index (χ0) is 12.0. The van der Waals surface area contributed by atoms with Crippen LogP contribution in [0.3, 0.4) is 0 Å². The van der Waals surface area contributed by atoms with E-state index in [1.54, 1.807) is 15.4 Å². The van der Waals surface area contributed by atoms with Crippen LogP contribution in [0.25, 0.3) is 10.4 Å². The predicted molar refractivity (Wildman–Crippen MR) is 67.9 cm³/mol. The van der Waals surface area contributed by atoms with Crippen molar-refractivity contribution >= 4 is 22.9 Å². The normalized spacial score (nSPS) is 14.9. The van der Waals surface area contributed by atoms with Gasteiger partial charge in [-0.2, -0.15) is 0 Å². The van der Waals surface area contributed by atoms with Gasteiger partial charge >= 0.3 is 0 Å². The van der Waals surface area contributed by atoms with Crippen molar-refractivity contribution in [2.75, 3.05) is 0 Å². The minimum Gasteiger partial charge on any atom is -0.493 e. The van der Waals surface area contributed by atoms with Crippen LogP contribution < -0.4 is 5.56 Å². The minimum absolute atomic E-state index is 0.0408. The van der Waals surface area contributed by atoms with Crippen molar-refractivity contribution < 1.29 is 5.11 Å². The van der Waals surface area contributed by atoms with Crippen molar-refractivity contribution in [3.05, 3.63) is 26.8 Å². The van der Waals surface area contributed by atoms with Crippen molar-refractivity contribution in [1.29, 1.82) is 0 Å². The van der Waals surface area contributed by atoms with E-state index in [9.17, 15) is 9.90 Å². The minimum atomic E-state index is -0.147. The Hall–Kier alpha value is -1.20. The van der Waals surface area contributed by atoms with Crippen molar-refractivity contribution in [1.82, 2.24) is 9.36 Å². The van der Waals surface area contributed by atoms with E-state index in [0.29, 0.717) is 28.6 Å². The molecule has 1 aliphatic rings. The molecule has 3 heterocycles. The van der Waals surface area contributed by atoms with Gasteiger partial charge in [0.05, 0.1) is 9.90 Å². The predicted octanol–water partition coefficient (Wildman–Crippen LogP) is 2.53. The third-order valence-electron chi connectivity index (χ3n) is 3.04. The molecule has 17 heavy (non-hydrogen) atoms. The molecule has 0 saturated carbocycles. The van der Waals surface area contributed by atoms with E-state index < -0.39 is 0 Å². The number of thiophene rings is 1. The summed E-state index contributed by atoms with van der Waals surface area (Å²) in [4.78, 5) is 12.9. The molecule has 4 nitrogen and oxygen atoms in total. The number of hydrogen-bond donors (Lipinski definition) is 1. The summed E-state index contributed by atoms with van der Waals surface area (Å²) >= 11 is 7.40. The van der Waals surface area contributed by atoms with Crippen LogP contribution >= 0.6 is 22.9 Å². The number of hydrogen-bond acceptors (Lipinski definition) is 3. The first-order valence-electron chi connectivity index (χ1n) is 5.46. The number of nitrogens with zero attached hydrogens (tertiary/aromatic N) is 2. The Morgan fingerprint density at radius 3 is 2.59 bits per heavy atom. The second-order valence-corrected chi connectivity index (χ2v) is 5.38. The van der Waals surface area contributed by atoms with Gasteiger partial charge in [0.1, 0.15) is 5.56 Å². The molecular weight excluding hydrogens is 260 g/mol. The van der Waals surface area contributed by atoms with Gasteiger partial charge in [-0.1, -0.05) is 11.6 Å². The highest BCUT2D eigenvalue weighted by molar-refractivity contribution is 7.14. The first-order valence-corrected chi connectivity index (χ1v) is 6.72. The highest BCUT2D eigenvalue weighted by Gasteiger charge is 2.24. The summed E-state index contributed by atoms with van der Waals surface area (Å²) in [5, 5.41) is 12.5. The number of fused-ring (bicyclic) bond motifs is 1. The van der Waals surface area contributed by atoms with Crippen molar-refractivity contribution in [3.63, 3.8) is 0 Å². The number of rotatable bonds is 1. The lowest BCUT2D eigenvalue weighted by Crippen LogP contribution is -2.27. The van der Waals surface area contributed by atoms with Gasteiger partial charge in [0, 0.05) is 13.1 Å². The lowest BCUT2D eigenvalue weighted by Gasteiger charge is -2.16. The zero-order valence-corrected chi connectivity index (χ0v) is 10.6. The Balaban J connectivity index is 2.28. The molecule has 2 aromatic rings. The number of aromatic nitrogens is 2.